The summed E-state index contributed by atoms with van der Waals surface area (Å²) in [5, 5.41) is 2.87. The Bertz CT molecular complexity index is 570. The van der Waals surface area contributed by atoms with E-state index in [0.29, 0.717) is 24.0 Å². The number of hydrogen-bond donors (Lipinski definition) is 1. The summed E-state index contributed by atoms with van der Waals surface area (Å²) in [7, 11) is 0. The van der Waals surface area contributed by atoms with Gasteiger partial charge in [-0.05, 0) is 50.4 Å². The lowest BCUT2D eigenvalue weighted by molar-refractivity contribution is -0.0290. The number of fused-ring (bicyclic) bond motifs is 3. The van der Waals surface area contributed by atoms with Gasteiger partial charge in [-0.2, -0.15) is 0 Å². The Morgan fingerprint density at radius 3 is 2.65 bits per heavy atom. The van der Waals surface area contributed by atoms with Crippen molar-refractivity contribution in [3.05, 3.63) is 24.3 Å². The first-order valence-electron chi connectivity index (χ1n) is 10.2. The number of unbranched alkanes of at least 4 members (excludes halogenated alkanes) is 4. The molecule has 1 atom stereocenters. The molecular weight excluding hydrogens is 328 g/mol. The number of amides is 1. The number of carbonyl (C=O) groups is 1. The zero-order valence-electron chi connectivity index (χ0n) is 15.9. The van der Waals surface area contributed by atoms with Crippen molar-refractivity contribution in [1.29, 1.82) is 0 Å². The van der Waals surface area contributed by atoms with Crippen LogP contribution >= 0.6 is 0 Å². The minimum Gasteiger partial charge on any atom is -0.491 e. The number of benzene rings is 1. The van der Waals surface area contributed by atoms with Crippen LogP contribution in [-0.4, -0.2) is 43.3 Å². The van der Waals surface area contributed by atoms with Crippen molar-refractivity contribution in [2.45, 2.75) is 58.0 Å². The fourth-order valence-electron chi connectivity index (χ4n) is 3.90. The van der Waals surface area contributed by atoms with Crippen molar-refractivity contribution < 1.29 is 14.3 Å². The molecule has 3 heterocycles. The molecule has 0 saturated carbocycles. The lowest BCUT2D eigenvalue weighted by Crippen LogP contribution is -2.52. The molecule has 5 heteroatoms. The van der Waals surface area contributed by atoms with E-state index in [4.69, 9.17) is 9.47 Å². The van der Waals surface area contributed by atoms with Crippen LogP contribution in [0, 0.1) is 5.92 Å². The first-order chi connectivity index (χ1) is 12.8. The molecule has 1 aromatic carbocycles. The van der Waals surface area contributed by atoms with Crippen molar-refractivity contribution in [2.24, 2.45) is 5.92 Å². The van der Waals surface area contributed by atoms with Gasteiger partial charge in [0.15, 0.2) is 0 Å². The SMILES string of the molecule is CCCCCCCOc1ccccc1NC(=O)O[C@@H]1CN2CCC1CC2. The van der Waals surface area contributed by atoms with E-state index in [2.05, 4.69) is 17.1 Å². The number of ether oxygens (including phenoxy) is 2. The maximum absolute atomic E-state index is 12.4. The van der Waals surface area contributed by atoms with Gasteiger partial charge in [-0.3, -0.25) is 10.2 Å². The normalized spacial score (nSPS) is 24.3. The van der Waals surface area contributed by atoms with E-state index >= 15 is 0 Å². The van der Waals surface area contributed by atoms with E-state index in [1.54, 1.807) is 0 Å². The average molecular weight is 360 g/mol. The monoisotopic (exact) mass is 360 g/mol. The summed E-state index contributed by atoms with van der Waals surface area (Å²) < 4.78 is 11.6. The van der Waals surface area contributed by atoms with E-state index < -0.39 is 0 Å². The van der Waals surface area contributed by atoms with Crippen molar-refractivity contribution >= 4 is 11.8 Å². The summed E-state index contributed by atoms with van der Waals surface area (Å²) in [5.41, 5.74) is 0.687. The fraction of sp³-hybridized carbons (Fsp3) is 0.667. The Balaban J connectivity index is 1.45. The molecule has 0 spiro atoms. The summed E-state index contributed by atoms with van der Waals surface area (Å²) in [6, 6.07) is 7.59. The van der Waals surface area contributed by atoms with Gasteiger partial charge in [-0.15, -0.1) is 0 Å². The lowest BCUT2D eigenvalue weighted by Gasteiger charge is -2.43. The molecule has 0 unspecified atom stereocenters. The Hall–Kier alpha value is -1.75. The van der Waals surface area contributed by atoms with Gasteiger partial charge in [0.05, 0.1) is 12.3 Å². The van der Waals surface area contributed by atoms with Crippen LogP contribution < -0.4 is 10.1 Å². The summed E-state index contributed by atoms with van der Waals surface area (Å²) in [6.07, 6.45) is 7.92. The molecule has 0 aliphatic carbocycles. The molecule has 5 nitrogen and oxygen atoms in total. The second kappa shape index (κ2) is 9.81. The number of hydrogen-bond acceptors (Lipinski definition) is 4. The molecule has 1 amide bonds. The molecule has 2 bridgehead atoms. The van der Waals surface area contributed by atoms with Crippen LogP contribution in [0.5, 0.6) is 5.75 Å². The van der Waals surface area contributed by atoms with Gasteiger partial charge < -0.3 is 9.47 Å². The molecule has 3 saturated heterocycles. The highest BCUT2D eigenvalue weighted by Gasteiger charge is 2.36. The van der Waals surface area contributed by atoms with Crippen LogP contribution in [-0.2, 0) is 4.74 Å². The Kier molecular flexibility index (Phi) is 7.18. The highest BCUT2D eigenvalue weighted by Crippen LogP contribution is 2.30. The van der Waals surface area contributed by atoms with Crippen LogP contribution in [0.25, 0.3) is 0 Å². The van der Waals surface area contributed by atoms with Crippen molar-refractivity contribution in [1.82, 2.24) is 4.90 Å². The number of nitrogens with zero attached hydrogens (tertiary/aromatic N) is 1. The Morgan fingerprint density at radius 1 is 1.15 bits per heavy atom. The van der Waals surface area contributed by atoms with Gasteiger partial charge >= 0.3 is 6.09 Å². The predicted molar refractivity (Wildman–Crippen MR) is 104 cm³/mol. The standard InChI is InChI=1S/C21H32N2O3/c1-2-3-4-5-8-15-25-19-10-7-6-9-18(19)22-21(24)26-20-16-23-13-11-17(20)12-14-23/h6-7,9-10,17,20H,2-5,8,11-16H2,1H3,(H,22,24)/t20-/m1/s1. The van der Waals surface area contributed by atoms with Gasteiger partial charge in [0.25, 0.3) is 0 Å². The Labute approximate surface area is 157 Å². The first-order valence-corrected chi connectivity index (χ1v) is 10.2. The largest absolute Gasteiger partial charge is 0.491 e. The number of piperidine rings is 3. The molecule has 4 rings (SSSR count). The van der Waals surface area contributed by atoms with E-state index in [-0.39, 0.29) is 12.2 Å². The highest BCUT2D eigenvalue weighted by atomic mass is 16.6. The minimum absolute atomic E-state index is 0.0177. The molecule has 26 heavy (non-hydrogen) atoms. The summed E-state index contributed by atoms with van der Waals surface area (Å²) in [5.74, 6) is 1.23. The van der Waals surface area contributed by atoms with Crippen LogP contribution in [0.1, 0.15) is 51.9 Å². The van der Waals surface area contributed by atoms with E-state index in [9.17, 15) is 4.79 Å². The Morgan fingerprint density at radius 2 is 1.92 bits per heavy atom. The number of rotatable bonds is 9. The zero-order chi connectivity index (χ0) is 18.2. The first kappa shape index (κ1) is 19.0. The average Bonchev–Trinajstić information content (AvgIpc) is 2.66. The lowest BCUT2D eigenvalue weighted by atomic mass is 9.86. The molecule has 0 aromatic heterocycles. The third kappa shape index (κ3) is 5.37. The third-order valence-corrected chi connectivity index (χ3v) is 5.48. The van der Waals surface area contributed by atoms with Crippen molar-refractivity contribution in [2.75, 3.05) is 31.6 Å². The van der Waals surface area contributed by atoms with E-state index in [1.165, 1.54) is 25.7 Å². The van der Waals surface area contributed by atoms with E-state index in [0.717, 1.165) is 38.9 Å². The van der Waals surface area contributed by atoms with Crippen LogP contribution in [0.3, 0.4) is 0 Å². The molecule has 1 N–H and O–H groups in total. The third-order valence-electron chi connectivity index (χ3n) is 5.48. The maximum atomic E-state index is 12.4. The predicted octanol–water partition coefficient (Wildman–Crippen LogP) is 4.68. The van der Waals surface area contributed by atoms with Crippen LogP contribution in [0.4, 0.5) is 10.5 Å². The number of nitrogens with one attached hydrogen (secondary N) is 1. The van der Waals surface area contributed by atoms with Gasteiger partial charge in [0.2, 0.25) is 0 Å². The topological polar surface area (TPSA) is 50.8 Å². The molecule has 144 valence electrons. The fourth-order valence-corrected chi connectivity index (χ4v) is 3.90. The van der Waals surface area contributed by atoms with Crippen molar-refractivity contribution in [3.63, 3.8) is 0 Å². The van der Waals surface area contributed by atoms with Crippen LogP contribution in [0.15, 0.2) is 24.3 Å². The molecular formula is C21H32N2O3. The van der Waals surface area contributed by atoms with Gasteiger partial charge in [0, 0.05) is 6.54 Å². The quantitative estimate of drug-likeness (QED) is 0.650. The minimum atomic E-state index is -0.372. The second-order valence-corrected chi connectivity index (χ2v) is 7.47. The van der Waals surface area contributed by atoms with Crippen LogP contribution in [0.2, 0.25) is 0 Å². The molecule has 3 aliphatic heterocycles. The van der Waals surface area contributed by atoms with Gasteiger partial charge in [-0.1, -0.05) is 44.7 Å². The van der Waals surface area contributed by atoms with Gasteiger partial charge in [-0.25, -0.2) is 4.79 Å². The number of carbonyl (C=O) groups excluding carboxylic acids is 1. The second-order valence-electron chi connectivity index (χ2n) is 7.47. The summed E-state index contributed by atoms with van der Waals surface area (Å²) in [4.78, 5) is 14.7. The molecule has 3 aliphatic rings. The molecule has 1 aromatic rings. The highest BCUT2D eigenvalue weighted by molar-refractivity contribution is 5.86. The van der Waals surface area contributed by atoms with E-state index in [1.807, 2.05) is 24.3 Å². The van der Waals surface area contributed by atoms with Gasteiger partial charge in [0.1, 0.15) is 11.9 Å². The number of para-hydroxylation sites is 2. The summed E-state index contributed by atoms with van der Waals surface area (Å²) >= 11 is 0. The molecule has 0 radical (unpaired) electrons. The zero-order valence-corrected chi connectivity index (χ0v) is 15.9. The van der Waals surface area contributed by atoms with Crippen molar-refractivity contribution in [3.8, 4) is 5.75 Å². The molecule has 3 fully saturated rings. The summed E-state index contributed by atoms with van der Waals surface area (Å²) in [6.45, 7) is 6.04. The maximum Gasteiger partial charge on any atom is 0.412 e. The smallest absolute Gasteiger partial charge is 0.412 e. The number of anilines is 1.